The minimum Gasteiger partial charge on any atom is -0.493 e. The molecular formula is C22H18FN5O3. The summed E-state index contributed by atoms with van der Waals surface area (Å²) in [6.45, 7) is 1.10. The van der Waals surface area contributed by atoms with E-state index in [1.165, 1.54) is 6.07 Å². The molecule has 8 nitrogen and oxygen atoms in total. The molecule has 0 saturated heterocycles. The number of rotatable bonds is 2. The second-order valence-corrected chi connectivity index (χ2v) is 7.47. The molecule has 0 radical (unpaired) electrons. The van der Waals surface area contributed by atoms with Gasteiger partial charge >= 0.3 is 0 Å². The van der Waals surface area contributed by atoms with Crippen LogP contribution in [0.25, 0.3) is 16.9 Å². The molecule has 31 heavy (non-hydrogen) atoms. The van der Waals surface area contributed by atoms with Crippen LogP contribution in [0.4, 0.5) is 10.2 Å². The number of ether oxygens (including phenoxy) is 3. The lowest BCUT2D eigenvalue weighted by Gasteiger charge is -2.16. The second-order valence-electron chi connectivity index (χ2n) is 7.47. The van der Waals surface area contributed by atoms with Crippen LogP contribution < -0.4 is 19.5 Å². The van der Waals surface area contributed by atoms with Gasteiger partial charge in [-0.3, -0.25) is 4.40 Å². The van der Waals surface area contributed by atoms with E-state index in [2.05, 4.69) is 20.5 Å². The van der Waals surface area contributed by atoms with Crippen molar-refractivity contribution in [1.82, 2.24) is 19.6 Å². The van der Waals surface area contributed by atoms with Crippen molar-refractivity contribution in [3.8, 4) is 28.6 Å². The highest BCUT2D eigenvalue weighted by atomic mass is 19.1. The van der Waals surface area contributed by atoms with Gasteiger partial charge < -0.3 is 19.5 Å². The van der Waals surface area contributed by atoms with Gasteiger partial charge in [-0.15, -0.1) is 10.2 Å². The Balaban J connectivity index is 1.51. The molecule has 1 N–H and O–H groups in total. The van der Waals surface area contributed by atoms with Gasteiger partial charge in [0.25, 0.3) is 0 Å². The Morgan fingerprint density at radius 3 is 2.90 bits per heavy atom. The minimum atomic E-state index is -0.262. The normalized spacial score (nSPS) is 16.8. The molecule has 9 heteroatoms. The first-order valence-electron chi connectivity index (χ1n) is 9.92. The number of hydrogen-bond donors (Lipinski definition) is 1. The Kier molecular flexibility index (Phi) is 3.95. The number of hydrogen-bond acceptors (Lipinski definition) is 7. The average Bonchev–Trinajstić information content (AvgIpc) is 3.45. The lowest BCUT2D eigenvalue weighted by molar-refractivity contribution is 0.249. The standard InChI is InChI=1S/C22H18FN5O3/c1-29-19-4-2-3-16(26-19)13-7-18-22(28-11-25-27-21(13)28)24-8-14-15(23)5-6-17-20(14)12(9-30-17)10-31-18/h2-7,11-12,24H,8-10H2,1H3/t12-/m1/s1. The number of methoxy groups -OCH3 is 1. The number of pyridine rings is 2. The number of fused-ring (bicyclic) bond motifs is 3. The lowest BCUT2D eigenvalue weighted by Crippen LogP contribution is -2.13. The third-order valence-corrected chi connectivity index (χ3v) is 5.73. The smallest absolute Gasteiger partial charge is 0.213 e. The monoisotopic (exact) mass is 419 g/mol. The van der Waals surface area contributed by atoms with Crippen molar-refractivity contribution in [1.29, 1.82) is 0 Å². The van der Waals surface area contributed by atoms with Gasteiger partial charge in [-0.1, -0.05) is 6.07 Å². The molecule has 0 bridgehead atoms. The maximum absolute atomic E-state index is 14.7. The first-order valence-corrected chi connectivity index (χ1v) is 9.92. The number of halogens is 1. The van der Waals surface area contributed by atoms with E-state index in [9.17, 15) is 4.39 Å². The van der Waals surface area contributed by atoms with Gasteiger partial charge in [-0.25, -0.2) is 9.37 Å². The molecule has 0 unspecified atom stereocenters. The van der Waals surface area contributed by atoms with E-state index in [0.29, 0.717) is 53.3 Å². The highest BCUT2D eigenvalue weighted by Crippen LogP contribution is 2.41. The molecule has 0 saturated carbocycles. The third kappa shape index (κ3) is 2.77. The van der Waals surface area contributed by atoms with Crippen LogP contribution in [0.15, 0.2) is 42.7 Å². The average molecular weight is 419 g/mol. The molecule has 4 aromatic rings. The summed E-state index contributed by atoms with van der Waals surface area (Å²) in [4.78, 5) is 4.54. The highest BCUT2D eigenvalue weighted by molar-refractivity contribution is 5.80. The number of anilines is 1. The molecule has 0 spiro atoms. The zero-order valence-corrected chi connectivity index (χ0v) is 16.6. The third-order valence-electron chi connectivity index (χ3n) is 5.73. The largest absolute Gasteiger partial charge is 0.493 e. The van der Waals surface area contributed by atoms with E-state index in [0.717, 1.165) is 11.1 Å². The van der Waals surface area contributed by atoms with E-state index in [-0.39, 0.29) is 18.3 Å². The van der Waals surface area contributed by atoms with Crippen molar-refractivity contribution in [3.05, 3.63) is 59.7 Å². The van der Waals surface area contributed by atoms with Crippen molar-refractivity contribution in [2.75, 3.05) is 25.6 Å². The van der Waals surface area contributed by atoms with Gasteiger partial charge in [-0.2, -0.15) is 0 Å². The molecule has 0 amide bonds. The molecular weight excluding hydrogens is 401 g/mol. The molecule has 0 aliphatic carbocycles. The van der Waals surface area contributed by atoms with Crippen molar-refractivity contribution in [2.24, 2.45) is 0 Å². The van der Waals surface area contributed by atoms with E-state index in [1.54, 1.807) is 30.0 Å². The molecule has 2 aliphatic heterocycles. The molecule has 6 rings (SSSR count). The molecule has 3 aromatic heterocycles. The van der Waals surface area contributed by atoms with Crippen LogP contribution in [0.5, 0.6) is 17.4 Å². The van der Waals surface area contributed by atoms with Crippen LogP contribution in [-0.2, 0) is 6.54 Å². The zero-order chi connectivity index (χ0) is 20.9. The summed E-state index contributed by atoms with van der Waals surface area (Å²) >= 11 is 0. The number of benzene rings is 1. The predicted molar refractivity (Wildman–Crippen MR) is 110 cm³/mol. The highest BCUT2D eigenvalue weighted by Gasteiger charge is 2.31. The van der Waals surface area contributed by atoms with E-state index in [1.807, 2.05) is 18.2 Å². The summed E-state index contributed by atoms with van der Waals surface area (Å²) in [5, 5.41) is 11.7. The Morgan fingerprint density at radius 2 is 2.03 bits per heavy atom. The van der Waals surface area contributed by atoms with Gasteiger partial charge in [0.1, 0.15) is 17.9 Å². The Bertz CT molecular complexity index is 1320. The van der Waals surface area contributed by atoms with Crippen LogP contribution in [0.3, 0.4) is 0 Å². The number of nitrogens with one attached hydrogen (secondary N) is 1. The Morgan fingerprint density at radius 1 is 1.16 bits per heavy atom. The summed E-state index contributed by atoms with van der Waals surface area (Å²) < 4.78 is 33.8. The Hall–Kier alpha value is -3.88. The van der Waals surface area contributed by atoms with Gasteiger partial charge in [0.05, 0.1) is 31.9 Å². The molecule has 156 valence electrons. The summed E-state index contributed by atoms with van der Waals surface area (Å²) in [7, 11) is 1.57. The SMILES string of the molecule is COc1cccc(-c2cc3c(n4cnnc24)NCc2c(F)ccc4c2[C@H](CO4)CO3)n1. The van der Waals surface area contributed by atoms with Crippen LogP contribution in [0, 0.1) is 5.82 Å². The van der Waals surface area contributed by atoms with Crippen LogP contribution >= 0.6 is 0 Å². The van der Waals surface area contributed by atoms with Gasteiger partial charge in [0, 0.05) is 29.3 Å². The van der Waals surface area contributed by atoms with Gasteiger partial charge in [-0.05, 0) is 24.3 Å². The summed E-state index contributed by atoms with van der Waals surface area (Å²) in [6.07, 6.45) is 1.60. The van der Waals surface area contributed by atoms with E-state index < -0.39 is 0 Å². The molecule has 1 aromatic carbocycles. The summed E-state index contributed by atoms with van der Waals surface area (Å²) in [6, 6.07) is 10.5. The fourth-order valence-corrected chi connectivity index (χ4v) is 4.25. The lowest BCUT2D eigenvalue weighted by atomic mass is 9.96. The predicted octanol–water partition coefficient (Wildman–Crippen LogP) is 3.42. The summed E-state index contributed by atoms with van der Waals surface area (Å²) in [5.41, 5.74) is 3.51. The minimum absolute atomic E-state index is 0.0524. The molecule has 5 heterocycles. The quantitative estimate of drug-likeness (QED) is 0.533. The topological polar surface area (TPSA) is 82.8 Å². The van der Waals surface area contributed by atoms with Crippen LogP contribution in [-0.4, -0.2) is 39.9 Å². The first kappa shape index (κ1) is 17.9. The van der Waals surface area contributed by atoms with E-state index >= 15 is 0 Å². The maximum atomic E-state index is 14.7. The number of aromatic nitrogens is 4. The van der Waals surface area contributed by atoms with Crippen molar-refractivity contribution >= 4 is 11.5 Å². The molecule has 1 atom stereocenters. The van der Waals surface area contributed by atoms with Crippen molar-refractivity contribution in [3.63, 3.8) is 0 Å². The van der Waals surface area contributed by atoms with Crippen LogP contribution in [0.1, 0.15) is 17.0 Å². The van der Waals surface area contributed by atoms with Crippen molar-refractivity contribution < 1.29 is 18.6 Å². The van der Waals surface area contributed by atoms with Crippen molar-refractivity contribution in [2.45, 2.75) is 12.5 Å². The van der Waals surface area contributed by atoms with E-state index in [4.69, 9.17) is 14.2 Å². The molecule has 2 aliphatic rings. The fraction of sp³-hybridized carbons (Fsp3) is 0.227. The fourth-order valence-electron chi connectivity index (χ4n) is 4.25. The summed E-state index contributed by atoms with van der Waals surface area (Å²) in [5.74, 6) is 2.16. The Labute approximate surface area is 176 Å². The number of nitrogens with zero attached hydrogens (tertiary/aromatic N) is 4. The van der Waals surface area contributed by atoms with Gasteiger partial charge in [0.15, 0.2) is 17.2 Å². The second kappa shape index (κ2) is 6.83. The van der Waals surface area contributed by atoms with Gasteiger partial charge in [0.2, 0.25) is 5.88 Å². The van der Waals surface area contributed by atoms with Crippen LogP contribution in [0.2, 0.25) is 0 Å². The molecule has 0 fully saturated rings. The first-order chi connectivity index (χ1) is 15.2. The maximum Gasteiger partial charge on any atom is 0.213 e. The zero-order valence-electron chi connectivity index (χ0n) is 16.6.